The molecule has 0 aliphatic carbocycles. The number of phenolic OH excluding ortho intramolecular Hbond substituents is 1. The number of β-lactam (4-membered cyclic amide) rings is 1. The molecule has 2 aromatic carbocycles. The van der Waals surface area contributed by atoms with Crippen molar-refractivity contribution in [1.29, 1.82) is 0 Å². The van der Waals surface area contributed by atoms with Crippen LogP contribution in [0.1, 0.15) is 22.0 Å². The summed E-state index contributed by atoms with van der Waals surface area (Å²) in [6.07, 6.45) is 0. The van der Waals surface area contributed by atoms with Gasteiger partial charge in [0.25, 0.3) is 11.8 Å². The molecule has 0 saturated carbocycles. The van der Waals surface area contributed by atoms with Crippen LogP contribution in [0.5, 0.6) is 23.0 Å². The minimum absolute atomic E-state index is 0.0389. The lowest BCUT2D eigenvalue weighted by molar-refractivity contribution is -0.149. The molecule has 9 heteroatoms. The number of benzene rings is 2. The molecule has 1 aliphatic heterocycles. The van der Waals surface area contributed by atoms with Gasteiger partial charge in [0.1, 0.15) is 17.2 Å². The summed E-state index contributed by atoms with van der Waals surface area (Å²) in [5, 5.41) is 10.1. The minimum atomic E-state index is -0.882. The van der Waals surface area contributed by atoms with Gasteiger partial charge in [-0.3, -0.25) is 15.0 Å². The summed E-state index contributed by atoms with van der Waals surface area (Å²) >= 11 is 6.22. The molecule has 1 saturated heterocycles. The van der Waals surface area contributed by atoms with Gasteiger partial charge in [-0.2, -0.15) is 0 Å². The molecule has 1 heterocycles. The predicted molar refractivity (Wildman–Crippen MR) is 101 cm³/mol. The molecule has 148 valence electrons. The van der Waals surface area contributed by atoms with E-state index in [2.05, 4.69) is 5.43 Å². The van der Waals surface area contributed by atoms with Crippen molar-refractivity contribution in [2.75, 3.05) is 21.3 Å². The first-order valence-electron chi connectivity index (χ1n) is 8.29. The number of nitrogens with one attached hydrogen (secondary N) is 1. The molecule has 2 N–H and O–H groups in total. The molecule has 28 heavy (non-hydrogen) atoms. The molecule has 2 aromatic rings. The van der Waals surface area contributed by atoms with Crippen LogP contribution in [0, 0.1) is 0 Å². The number of aromatic hydroxyl groups is 1. The lowest BCUT2D eigenvalue weighted by Crippen LogP contribution is -2.63. The van der Waals surface area contributed by atoms with E-state index in [0.29, 0.717) is 22.8 Å². The Morgan fingerprint density at radius 2 is 1.71 bits per heavy atom. The van der Waals surface area contributed by atoms with E-state index in [0.717, 1.165) is 5.01 Å². The smallest absolute Gasteiger partial charge is 0.273 e. The summed E-state index contributed by atoms with van der Waals surface area (Å²) < 4.78 is 16.0. The topological polar surface area (TPSA) is 97.3 Å². The van der Waals surface area contributed by atoms with Gasteiger partial charge >= 0.3 is 0 Å². The van der Waals surface area contributed by atoms with Crippen LogP contribution in [0.2, 0.25) is 0 Å². The molecule has 0 bridgehead atoms. The molecular formula is C19H19ClN2O6. The van der Waals surface area contributed by atoms with E-state index in [4.69, 9.17) is 25.8 Å². The molecule has 2 atom stereocenters. The zero-order chi connectivity index (χ0) is 20.4. The summed E-state index contributed by atoms with van der Waals surface area (Å²) in [6.45, 7) is 0. The normalized spacial score (nSPS) is 18.3. The van der Waals surface area contributed by atoms with Gasteiger partial charge < -0.3 is 19.3 Å². The average Bonchev–Trinajstić information content (AvgIpc) is 2.72. The second kappa shape index (κ2) is 7.85. The largest absolute Gasteiger partial charge is 0.507 e. The fraction of sp³-hybridized carbons (Fsp3) is 0.263. The summed E-state index contributed by atoms with van der Waals surface area (Å²) in [5.74, 6) is -0.106. The Morgan fingerprint density at radius 3 is 2.25 bits per heavy atom. The van der Waals surface area contributed by atoms with Gasteiger partial charge in [0.2, 0.25) is 5.75 Å². The molecule has 1 fully saturated rings. The number of phenols is 1. The number of hydrazine groups is 1. The molecule has 0 radical (unpaired) electrons. The molecule has 1 aliphatic rings. The third-order valence-electron chi connectivity index (χ3n) is 4.43. The van der Waals surface area contributed by atoms with Crippen molar-refractivity contribution >= 4 is 23.4 Å². The average molecular weight is 407 g/mol. The van der Waals surface area contributed by atoms with E-state index >= 15 is 0 Å². The summed E-state index contributed by atoms with van der Waals surface area (Å²) in [4.78, 5) is 24.7. The van der Waals surface area contributed by atoms with E-state index in [-0.39, 0.29) is 11.3 Å². The standard InChI is InChI=1S/C19H19ClN2O6/c1-26-13-8-10(9-14(27-2)17(13)28-3)16-15(20)19(25)22(16)21-18(24)11-6-4-5-7-12(11)23/h4-9,15-16,23H,1-3H3,(H,21,24)/t15-,16-/m0/s1. The number of hydrogen-bond acceptors (Lipinski definition) is 6. The lowest BCUT2D eigenvalue weighted by atomic mass is 9.94. The maximum Gasteiger partial charge on any atom is 0.273 e. The molecule has 0 unspecified atom stereocenters. The highest BCUT2D eigenvalue weighted by atomic mass is 35.5. The number of para-hydroxylation sites is 1. The van der Waals surface area contributed by atoms with Crippen molar-refractivity contribution in [3.8, 4) is 23.0 Å². The van der Waals surface area contributed by atoms with Gasteiger partial charge in [-0.05, 0) is 29.8 Å². The van der Waals surface area contributed by atoms with Gasteiger partial charge in [-0.25, -0.2) is 5.01 Å². The number of methoxy groups -OCH3 is 3. The number of halogens is 1. The van der Waals surface area contributed by atoms with Crippen molar-refractivity contribution in [1.82, 2.24) is 10.4 Å². The summed E-state index contributed by atoms with van der Waals surface area (Å²) in [7, 11) is 4.43. The third kappa shape index (κ3) is 3.27. The SMILES string of the molecule is COc1cc([C@H]2[C@H](Cl)C(=O)N2NC(=O)c2ccccc2O)cc(OC)c1OC. The Kier molecular flexibility index (Phi) is 5.51. The highest BCUT2D eigenvalue weighted by Gasteiger charge is 2.49. The third-order valence-corrected chi connectivity index (χ3v) is 4.85. The van der Waals surface area contributed by atoms with Crippen molar-refractivity contribution in [2.45, 2.75) is 11.4 Å². The van der Waals surface area contributed by atoms with Crippen molar-refractivity contribution < 1.29 is 28.9 Å². The number of ether oxygens (including phenoxy) is 3. The minimum Gasteiger partial charge on any atom is -0.507 e. The first-order chi connectivity index (χ1) is 13.4. The molecule has 0 aromatic heterocycles. The summed E-state index contributed by atoms with van der Waals surface area (Å²) in [5.41, 5.74) is 3.12. The quantitative estimate of drug-likeness (QED) is 0.564. The Balaban J connectivity index is 1.92. The molecular weight excluding hydrogens is 388 g/mol. The van der Waals surface area contributed by atoms with Gasteiger partial charge in [-0.15, -0.1) is 11.6 Å². The zero-order valence-electron chi connectivity index (χ0n) is 15.4. The van der Waals surface area contributed by atoms with Gasteiger partial charge in [0, 0.05) is 0 Å². The fourth-order valence-corrected chi connectivity index (χ4v) is 3.37. The van der Waals surface area contributed by atoms with Crippen LogP contribution in [0.25, 0.3) is 0 Å². The highest BCUT2D eigenvalue weighted by Crippen LogP contribution is 2.45. The first-order valence-corrected chi connectivity index (χ1v) is 8.72. The van der Waals surface area contributed by atoms with E-state index in [1.54, 1.807) is 24.3 Å². The first kappa shape index (κ1) is 19.6. The number of carbonyl (C=O) groups is 2. The zero-order valence-corrected chi connectivity index (χ0v) is 16.2. The maximum absolute atomic E-state index is 12.5. The van der Waals surface area contributed by atoms with E-state index in [1.165, 1.54) is 33.5 Å². The number of rotatable bonds is 6. The van der Waals surface area contributed by atoms with Crippen LogP contribution in [0.4, 0.5) is 0 Å². The van der Waals surface area contributed by atoms with Crippen LogP contribution in [0.3, 0.4) is 0 Å². The van der Waals surface area contributed by atoms with Crippen molar-refractivity contribution in [3.63, 3.8) is 0 Å². The van der Waals surface area contributed by atoms with Crippen molar-refractivity contribution in [2.24, 2.45) is 0 Å². The summed E-state index contributed by atoms with van der Waals surface area (Å²) in [6, 6.07) is 8.69. The van der Waals surface area contributed by atoms with Crippen molar-refractivity contribution in [3.05, 3.63) is 47.5 Å². The van der Waals surface area contributed by atoms with E-state index in [9.17, 15) is 14.7 Å². The predicted octanol–water partition coefficient (Wildman–Crippen LogP) is 2.25. The maximum atomic E-state index is 12.5. The second-order valence-corrected chi connectivity index (χ2v) is 6.44. The Hall–Kier alpha value is -3.13. The molecule has 0 spiro atoms. The Morgan fingerprint density at radius 1 is 1.11 bits per heavy atom. The Labute approximate surface area is 166 Å². The molecule has 2 amide bonds. The number of alkyl halides is 1. The number of carbonyl (C=O) groups excluding carboxylic acids is 2. The fourth-order valence-electron chi connectivity index (χ4n) is 3.00. The molecule has 3 rings (SSSR count). The van der Waals surface area contributed by atoms with Crippen LogP contribution in [-0.2, 0) is 4.79 Å². The van der Waals surface area contributed by atoms with E-state index in [1.807, 2.05) is 0 Å². The van der Waals surface area contributed by atoms with Crippen LogP contribution in [0.15, 0.2) is 36.4 Å². The van der Waals surface area contributed by atoms with Gasteiger partial charge in [0.15, 0.2) is 11.5 Å². The number of amides is 2. The Bertz CT molecular complexity index is 894. The van der Waals surface area contributed by atoms with Gasteiger partial charge in [-0.1, -0.05) is 12.1 Å². The van der Waals surface area contributed by atoms with Gasteiger partial charge in [0.05, 0.1) is 26.9 Å². The van der Waals surface area contributed by atoms with E-state index < -0.39 is 23.2 Å². The number of nitrogens with zero attached hydrogens (tertiary/aromatic N) is 1. The van der Waals surface area contributed by atoms with Crippen LogP contribution < -0.4 is 19.6 Å². The van der Waals surface area contributed by atoms with Crippen LogP contribution >= 0.6 is 11.6 Å². The highest BCUT2D eigenvalue weighted by molar-refractivity contribution is 6.33. The number of hydrogen-bond donors (Lipinski definition) is 2. The second-order valence-electron chi connectivity index (χ2n) is 5.97. The van der Waals surface area contributed by atoms with Crippen LogP contribution in [-0.4, -0.2) is 48.6 Å². The lowest BCUT2D eigenvalue weighted by Gasteiger charge is -2.44. The molecule has 8 nitrogen and oxygen atoms in total. The monoisotopic (exact) mass is 406 g/mol.